The highest BCUT2D eigenvalue weighted by Gasteiger charge is 2.19. The van der Waals surface area contributed by atoms with Gasteiger partial charge in [0, 0.05) is 4.90 Å². The molecule has 0 aliphatic carbocycles. The summed E-state index contributed by atoms with van der Waals surface area (Å²) >= 11 is 2.41. The summed E-state index contributed by atoms with van der Waals surface area (Å²) in [6.07, 6.45) is 0. The van der Waals surface area contributed by atoms with E-state index in [1.807, 2.05) is 31.2 Å². The van der Waals surface area contributed by atoms with Crippen LogP contribution in [0.2, 0.25) is 0 Å². The van der Waals surface area contributed by atoms with Crippen LogP contribution in [0, 0.1) is 13.8 Å². The van der Waals surface area contributed by atoms with Gasteiger partial charge in [-0.2, -0.15) is 4.37 Å². The summed E-state index contributed by atoms with van der Waals surface area (Å²) < 4.78 is 3.96. The Morgan fingerprint density at radius 3 is 2.71 bits per heavy atom. The van der Waals surface area contributed by atoms with Crippen molar-refractivity contribution in [2.24, 2.45) is 0 Å². The van der Waals surface area contributed by atoms with Crippen molar-refractivity contribution < 1.29 is 14.7 Å². The van der Waals surface area contributed by atoms with Crippen molar-refractivity contribution in [2.45, 2.75) is 18.7 Å². The number of anilines is 1. The van der Waals surface area contributed by atoms with Crippen LogP contribution in [0.4, 0.5) is 5.00 Å². The largest absolute Gasteiger partial charge is 0.478 e. The Balaban J connectivity index is 2.00. The van der Waals surface area contributed by atoms with Crippen LogP contribution < -0.4 is 5.32 Å². The molecule has 0 aliphatic heterocycles. The minimum Gasteiger partial charge on any atom is -0.478 e. The zero-order valence-electron chi connectivity index (χ0n) is 11.5. The van der Waals surface area contributed by atoms with E-state index in [4.69, 9.17) is 5.11 Å². The van der Waals surface area contributed by atoms with Crippen molar-refractivity contribution in [2.75, 3.05) is 11.1 Å². The molecule has 0 bridgehead atoms. The molecule has 5 nitrogen and oxygen atoms in total. The Bertz CT molecular complexity index is 683. The topological polar surface area (TPSA) is 79.3 Å². The first-order chi connectivity index (χ1) is 9.99. The third-order valence-corrected chi connectivity index (χ3v) is 4.81. The summed E-state index contributed by atoms with van der Waals surface area (Å²) in [5.74, 6) is -1.10. The summed E-state index contributed by atoms with van der Waals surface area (Å²) in [5, 5.41) is 12.0. The Labute approximate surface area is 130 Å². The smallest absolute Gasteiger partial charge is 0.340 e. The molecule has 0 saturated heterocycles. The monoisotopic (exact) mass is 322 g/mol. The summed E-state index contributed by atoms with van der Waals surface area (Å²) in [6, 6.07) is 7.79. The number of benzene rings is 1. The fourth-order valence-corrected chi connectivity index (χ4v) is 3.37. The van der Waals surface area contributed by atoms with Gasteiger partial charge in [-0.25, -0.2) is 4.79 Å². The van der Waals surface area contributed by atoms with Gasteiger partial charge in [0.1, 0.15) is 10.6 Å². The van der Waals surface area contributed by atoms with Gasteiger partial charge in [0.2, 0.25) is 5.91 Å². The first kappa shape index (κ1) is 15.5. The molecule has 0 spiro atoms. The molecule has 0 radical (unpaired) electrons. The molecule has 0 saturated carbocycles. The lowest BCUT2D eigenvalue weighted by molar-refractivity contribution is -0.113. The fourth-order valence-electron chi connectivity index (χ4n) is 1.73. The van der Waals surface area contributed by atoms with E-state index >= 15 is 0 Å². The lowest BCUT2D eigenvalue weighted by Crippen LogP contribution is -2.15. The number of aromatic carboxylic acids is 1. The van der Waals surface area contributed by atoms with Crippen molar-refractivity contribution in [3.63, 3.8) is 0 Å². The molecule has 2 rings (SSSR count). The molecule has 0 fully saturated rings. The minimum atomic E-state index is -1.08. The highest BCUT2D eigenvalue weighted by molar-refractivity contribution is 8.00. The van der Waals surface area contributed by atoms with Gasteiger partial charge in [-0.15, -0.1) is 11.8 Å². The number of aromatic nitrogens is 1. The molecule has 1 aromatic carbocycles. The second kappa shape index (κ2) is 6.73. The van der Waals surface area contributed by atoms with E-state index in [2.05, 4.69) is 9.69 Å². The predicted octanol–water partition coefficient (Wildman–Crippen LogP) is 3.19. The number of aryl methyl sites for hydroxylation is 2. The maximum Gasteiger partial charge on any atom is 0.340 e. The second-order valence-corrected chi connectivity index (χ2v) is 6.17. The van der Waals surface area contributed by atoms with Crippen LogP contribution in [0.3, 0.4) is 0 Å². The van der Waals surface area contributed by atoms with Gasteiger partial charge < -0.3 is 10.4 Å². The van der Waals surface area contributed by atoms with E-state index in [1.165, 1.54) is 11.8 Å². The maximum atomic E-state index is 11.9. The first-order valence-electron chi connectivity index (χ1n) is 6.17. The molecule has 0 aliphatic rings. The van der Waals surface area contributed by atoms with Crippen molar-refractivity contribution >= 4 is 40.2 Å². The number of thioether (sulfide) groups is 1. The van der Waals surface area contributed by atoms with Crippen molar-refractivity contribution in [1.29, 1.82) is 0 Å². The molecule has 1 aromatic heterocycles. The van der Waals surface area contributed by atoms with E-state index in [0.29, 0.717) is 5.69 Å². The SMILES string of the molecule is Cc1ccccc1SCC(=O)Nc1snc(C)c1C(=O)O. The molecule has 7 heteroatoms. The number of amides is 1. The van der Waals surface area contributed by atoms with Crippen LogP contribution in [0.1, 0.15) is 21.6 Å². The zero-order chi connectivity index (χ0) is 15.4. The Morgan fingerprint density at radius 1 is 1.33 bits per heavy atom. The van der Waals surface area contributed by atoms with Gasteiger partial charge in [-0.3, -0.25) is 4.79 Å². The number of carboxylic acid groups (broad SMARTS) is 1. The number of carbonyl (C=O) groups is 2. The maximum absolute atomic E-state index is 11.9. The molecule has 1 heterocycles. The van der Waals surface area contributed by atoms with Crippen LogP contribution in [-0.4, -0.2) is 27.1 Å². The standard InChI is InChI=1S/C14H14N2O3S2/c1-8-5-3-4-6-10(8)20-7-11(17)15-13-12(14(18)19)9(2)16-21-13/h3-6H,7H2,1-2H3,(H,15,17)(H,18,19). The van der Waals surface area contributed by atoms with Gasteiger partial charge in [0.25, 0.3) is 0 Å². The molecule has 2 N–H and O–H groups in total. The third kappa shape index (κ3) is 3.83. The second-order valence-electron chi connectivity index (χ2n) is 4.38. The van der Waals surface area contributed by atoms with E-state index < -0.39 is 5.97 Å². The normalized spacial score (nSPS) is 10.4. The molecular weight excluding hydrogens is 308 g/mol. The molecule has 110 valence electrons. The van der Waals surface area contributed by atoms with Crippen molar-refractivity contribution in [3.05, 3.63) is 41.1 Å². The molecule has 1 amide bonds. The summed E-state index contributed by atoms with van der Waals surface area (Å²) in [4.78, 5) is 24.1. The summed E-state index contributed by atoms with van der Waals surface area (Å²) in [6.45, 7) is 3.59. The van der Waals surface area contributed by atoms with Crippen LogP contribution in [-0.2, 0) is 4.79 Å². The van der Waals surface area contributed by atoms with Crippen LogP contribution in [0.15, 0.2) is 29.2 Å². The molecule has 0 atom stereocenters. The first-order valence-corrected chi connectivity index (χ1v) is 7.92. The van der Waals surface area contributed by atoms with Gasteiger partial charge in [-0.1, -0.05) is 18.2 Å². The molecule has 21 heavy (non-hydrogen) atoms. The molecular formula is C14H14N2O3S2. The average Bonchev–Trinajstić information content (AvgIpc) is 2.79. The zero-order valence-corrected chi connectivity index (χ0v) is 13.2. The number of hydrogen-bond donors (Lipinski definition) is 2. The highest BCUT2D eigenvalue weighted by Crippen LogP contribution is 2.26. The quantitative estimate of drug-likeness (QED) is 0.827. The highest BCUT2D eigenvalue weighted by atomic mass is 32.2. The van der Waals surface area contributed by atoms with Gasteiger partial charge in [0.05, 0.1) is 11.4 Å². The number of hydrogen-bond acceptors (Lipinski definition) is 5. The number of rotatable bonds is 5. The van der Waals surface area contributed by atoms with Crippen molar-refractivity contribution in [3.8, 4) is 0 Å². The van der Waals surface area contributed by atoms with E-state index in [0.717, 1.165) is 22.0 Å². The lowest BCUT2D eigenvalue weighted by atomic mass is 10.2. The van der Waals surface area contributed by atoms with E-state index in [-0.39, 0.29) is 22.2 Å². The lowest BCUT2D eigenvalue weighted by Gasteiger charge is -2.06. The van der Waals surface area contributed by atoms with Crippen LogP contribution in [0.5, 0.6) is 0 Å². The van der Waals surface area contributed by atoms with E-state index in [1.54, 1.807) is 6.92 Å². The van der Waals surface area contributed by atoms with E-state index in [9.17, 15) is 9.59 Å². The predicted molar refractivity (Wildman–Crippen MR) is 84.3 cm³/mol. The Morgan fingerprint density at radius 2 is 2.05 bits per heavy atom. The van der Waals surface area contributed by atoms with Gasteiger partial charge in [-0.05, 0) is 37.0 Å². The number of carbonyl (C=O) groups excluding carboxylic acids is 1. The number of nitrogens with one attached hydrogen (secondary N) is 1. The third-order valence-electron chi connectivity index (χ3n) is 2.78. The van der Waals surface area contributed by atoms with Crippen molar-refractivity contribution in [1.82, 2.24) is 4.37 Å². The molecule has 2 aromatic rings. The number of carboxylic acids is 1. The summed E-state index contributed by atoms with van der Waals surface area (Å²) in [7, 11) is 0. The Hall–Kier alpha value is -1.86. The average molecular weight is 322 g/mol. The fraction of sp³-hybridized carbons (Fsp3) is 0.214. The van der Waals surface area contributed by atoms with Gasteiger partial charge in [0.15, 0.2) is 0 Å². The minimum absolute atomic E-state index is 0.0641. The molecule has 0 unspecified atom stereocenters. The van der Waals surface area contributed by atoms with Crippen LogP contribution >= 0.6 is 23.3 Å². The van der Waals surface area contributed by atoms with Crippen LogP contribution in [0.25, 0.3) is 0 Å². The number of nitrogens with zero attached hydrogens (tertiary/aromatic N) is 1. The van der Waals surface area contributed by atoms with Gasteiger partial charge >= 0.3 is 5.97 Å². The Kier molecular flexibility index (Phi) is 4.98. The summed E-state index contributed by atoms with van der Waals surface area (Å²) in [5.41, 5.74) is 1.58.